The van der Waals surface area contributed by atoms with Gasteiger partial charge in [-0.15, -0.1) is 0 Å². The average Bonchev–Trinajstić information content (AvgIpc) is 2.61. The molecule has 0 aromatic heterocycles. The van der Waals surface area contributed by atoms with Crippen molar-refractivity contribution in [2.24, 2.45) is 16.4 Å². The Labute approximate surface area is 119 Å². The van der Waals surface area contributed by atoms with E-state index >= 15 is 0 Å². The van der Waals surface area contributed by atoms with Crippen molar-refractivity contribution in [3.63, 3.8) is 0 Å². The minimum Gasteiger partial charge on any atom is -0.200 e. The van der Waals surface area contributed by atoms with Crippen molar-refractivity contribution in [1.82, 2.24) is 4.83 Å². The lowest BCUT2D eigenvalue weighted by Gasteiger charge is -2.34. The van der Waals surface area contributed by atoms with Crippen molar-refractivity contribution in [2.75, 3.05) is 0 Å². The number of benzene rings is 1. The summed E-state index contributed by atoms with van der Waals surface area (Å²) in [6.45, 7) is 4.04. The number of aryl methyl sites for hydroxylation is 1. The van der Waals surface area contributed by atoms with Crippen LogP contribution in [0, 0.1) is 18.3 Å². The van der Waals surface area contributed by atoms with E-state index in [0.29, 0.717) is 5.92 Å². The number of rotatable bonds is 3. The lowest BCUT2D eigenvalue weighted by molar-refractivity contribution is 0.402. The molecule has 0 aliphatic heterocycles. The molecule has 0 bridgehead atoms. The Hall–Kier alpha value is -1.62. The third kappa shape index (κ3) is 2.06. The summed E-state index contributed by atoms with van der Waals surface area (Å²) in [5.74, 6) is 0.519. The van der Waals surface area contributed by atoms with Crippen molar-refractivity contribution in [2.45, 2.75) is 31.6 Å². The van der Waals surface area contributed by atoms with Crippen LogP contribution in [-0.4, -0.2) is 14.1 Å². The molecule has 1 N–H and O–H groups in total. The van der Waals surface area contributed by atoms with Crippen LogP contribution in [0.4, 0.5) is 0 Å². The summed E-state index contributed by atoms with van der Waals surface area (Å²) >= 11 is 0. The Bertz CT molecular complexity index is 689. The summed E-state index contributed by atoms with van der Waals surface area (Å²) in [6.07, 6.45) is 6.20. The van der Waals surface area contributed by atoms with Crippen LogP contribution in [0.5, 0.6) is 0 Å². The molecular weight excluding hydrogens is 272 g/mol. The van der Waals surface area contributed by atoms with Gasteiger partial charge in [0.2, 0.25) is 0 Å². The number of sulfonamides is 1. The fourth-order valence-electron chi connectivity index (χ4n) is 2.85. The van der Waals surface area contributed by atoms with Gasteiger partial charge in [0.25, 0.3) is 10.0 Å². The predicted octanol–water partition coefficient (Wildman–Crippen LogP) is 2.62. The first kappa shape index (κ1) is 13.4. The summed E-state index contributed by atoms with van der Waals surface area (Å²) in [5.41, 5.74) is 1.91. The zero-order valence-electron chi connectivity index (χ0n) is 11.6. The van der Waals surface area contributed by atoms with Crippen molar-refractivity contribution < 1.29 is 8.42 Å². The maximum Gasteiger partial charge on any atom is 0.276 e. The first-order chi connectivity index (χ1) is 9.42. The van der Waals surface area contributed by atoms with Crippen LogP contribution in [0.15, 0.2) is 46.4 Å². The molecule has 1 aromatic carbocycles. The van der Waals surface area contributed by atoms with E-state index in [1.165, 1.54) is 0 Å². The number of nitrogens with zero attached hydrogens (tertiary/aromatic N) is 1. The number of allylic oxidation sites excluding steroid dienone is 2. The molecule has 2 atom stereocenters. The Morgan fingerprint density at radius 3 is 2.55 bits per heavy atom. The maximum atomic E-state index is 12.2. The molecule has 2 aliphatic carbocycles. The Morgan fingerprint density at radius 1 is 1.30 bits per heavy atom. The molecule has 0 radical (unpaired) electrons. The van der Waals surface area contributed by atoms with Crippen LogP contribution >= 0.6 is 0 Å². The van der Waals surface area contributed by atoms with Crippen LogP contribution in [0.2, 0.25) is 0 Å². The second kappa shape index (κ2) is 4.45. The molecule has 1 aromatic rings. The Morgan fingerprint density at radius 2 is 2.00 bits per heavy atom. The first-order valence-electron chi connectivity index (χ1n) is 6.77. The highest BCUT2D eigenvalue weighted by Crippen LogP contribution is 2.49. The SMILES string of the molecule is Cc1ccc(S(=O)(=O)N/N=C2\CC[C@@H]3C=C[C@]23C)cc1. The fourth-order valence-corrected chi connectivity index (χ4v) is 3.68. The van der Waals surface area contributed by atoms with Crippen LogP contribution in [-0.2, 0) is 10.0 Å². The van der Waals surface area contributed by atoms with Gasteiger partial charge in [-0.05, 0) is 37.8 Å². The molecule has 1 fully saturated rings. The third-order valence-corrected chi connectivity index (χ3v) is 5.62. The molecule has 0 saturated heterocycles. The van der Waals surface area contributed by atoms with Crippen molar-refractivity contribution in [3.8, 4) is 0 Å². The van der Waals surface area contributed by atoms with Crippen LogP contribution in [0.25, 0.3) is 0 Å². The van der Waals surface area contributed by atoms with Gasteiger partial charge in [-0.2, -0.15) is 13.5 Å². The van der Waals surface area contributed by atoms with Gasteiger partial charge in [0.15, 0.2) is 0 Å². The summed E-state index contributed by atoms with van der Waals surface area (Å²) in [7, 11) is -3.57. The fraction of sp³-hybridized carbons (Fsp3) is 0.400. The molecule has 0 amide bonds. The van der Waals surface area contributed by atoms with Gasteiger partial charge in [0.1, 0.15) is 0 Å². The predicted molar refractivity (Wildman–Crippen MR) is 78.9 cm³/mol. The maximum absolute atomic E-state index is 12.2. The quantitative estimate of drug-likeness (QED) is 0.687. The number of hydrazone groups is 1. The molecule has 3 rings (SSSR count). The van der Waals surface area contributed by atoms with E-state index in [0.717, 1.165) is 24.1 Å². The highest BCUT2D eigenvalue weighted by Gasteiger charge is 2.46. The smallest absolute Gasteiger partial charge is 0.200 e. The minimum absolute atomic E-state index is 0.0458. The van der Waals surface area contributed by atoms with Gasteiger partial charge < -0.3 is 0 Å². The largest absolute Gasteiger partial charge is 0.276 e. The molecule has 0 unspecified atom stereocenters. The molecule has 2 aliphatic rings. The van der Waals surface area contributed by atoms with Gasteiger partial charge in [0, 0.05) is 11.1 Å². The zero-order chi connectivity index (χ0) is 14.4. The lowest BCUT2D eigenvalue weighted by Crippen LogP contribution is -2.33. The number of hydrogen-bond donors (Lipinski definition) is 1. The Balaban J connectivity index is 1.81. The molecule has 0 heterocycles. The second-order valence-corrected chi connectivity index (χ2v) is 7.41. The molecule has 1 saturated carbocycles. The molecule has 106 valence electrons. The van der Waals surface area contributed by atoms with E-state index in [9.17, 15) is 8.42 Å². The zero-order valence-corrected chi connectivity index (χ0v) is 12.4. The summed E-state index contributed by atoms with van der Waals surface area (Å²) in [6, 6.07) is 6.76. The van der Waals surface area contributed by atoms with Crippen molar-refractivity contribution in [3.05, 3.63) is 42.0 Å². The monoisotopic (exact) mass is 290 g/mol. The van der Waals surface area contributed by atoms with Gasteiger partial charge in [-0.3, -0.25) is 0 Å². The van der Waals surface area contributed by atoms with Gasteiger partial charge in [-0.25, -0.2) is 4.83 Å². The van der Waals surface area contributed by atoms with Crippen molar-refractivity contribution in [1.29, 1.82) is 0 Å². The summed E-state index contributed by atoms with van der Waals surface area (Å²) < 4.78 is 24.3. The van der Waals surface area contributed by atoms with Crippen molar-refractivity contribution >= 4 is 15.7 Å². The van der Waals surface area contributed by atoms with E-state index in [1.807, 2.05) is 6.92 Å². The van der Waals surface area contributed by atoms with Gasteiger partial charge in [0.05, 0.1) is 4.90 Å². The van der Waals surface area contributed by atoms with Crippen LogP contribution < -0.4 is 4.83 Å². The summed E-state index contributed by atoms with van der Waals surface area (Å²) in [5, 5.41) is 4.18. The average molecular weight is 290 g/mol. The molecule has 0 spiro atoms. The molecule has 4 nitrogen and oxygen atoms in total. The molecule has 5 heteroatoms. The highest BCUT2D eigenvalue weighted by molar-refractivity contribution is 7.89. The third-order valence-electron chi connectivity index (χ3n) is 4.39. The van der Waals surface area contributed by atoms with Gasteiger partial charge >= 0.3 is 0 Å². The van der Waals surface area contributed by atoms with Gasteiger partial charge in [-0.1, -0.05) is 36.8 Å². The van der Waals surface area contributed by atoms with E-state index in [1.54, 1.807) is 24.3 Å². The normalized spacial score (nSPS) is 30.1. The van der Waals surface area contributed by atoms with E-state index < -0.39 is 10.0 Å². The standard InChI is InChI=1S/C15H18N2O2S/c1-11-3-6-13(7-4-11)20(18,19)17-16-14-8-5-12-9-10-15(12,14)2/h3-4,6-7,9-10,12,17H,5,8H2,1-2H3/b16-14+/t12-,15+/m1/s1. The number of hydrogen-bond acceptors (Lipinski definition) is 3. The molecule has 20 heavy (non-hydrogen) atoms. The van der Waals surface area contributed by atoms with Crippen LogP contribution in [0.3, 0.4) is 0 Å². The van der Waals surface area contributed by atoms with E-state index in [4.69, 9.17) is 0 Å². The van der Waals surface area contributed by atoms with E-state index in [-0.39, 0.29) is 10.3 Å². The number of nitrogens with one attached hydrogen (secondary N) is 1. The molecular formula is C15H18N2O2S. The number of fused-ring (bicyclic) bond motifs is 1. The van der Waals surface area contributed by atoms with E-state index in [2.05, 4.69) is 29.0 Å². The lowest BCUT2D eigenvalue weighted by atomic mass is 9.70. The second-order valence-electron chi connectivity index (χ2n) is 5.75. The first-order valence-corrected chi connectivity index (χ1v) is 8.25. The topological polar surface area (TPSA) is 58.5 Å². The summed E-state index contributed by atoms with van der Waals surface area (Å²) in [4.78, 5) is 2.62. The van der Waals surface area contributed by atoms with Crippen LogP contribution in [0.1, 0.15) is 25.3 Å². The Kier molecular flexibility index (Phi) is 2.97. The minimum atomic E-state index is -3.57. The highest BCUT2D eigenvalue weighted by atomic mass is 32.2.